The Morgan fingerprint density at radius 1 is 1.31 bits per heavy atom. The zero-order valence-electron chi connectivity index (χ0n) is 6.89. The molecule has 0 bridgehead atoms. The molecular weight excluding hydrogens is 225 g/mol. The van der Waals surface area contributed by atoms with E-state index in [9.17, 15) is 0 Å². The maximum absolute atomic E-state index is 6.07. The summed E-state index contributed by atoms with van der Waals surface area (Å²) in [5.41, 5.74) is 1.02. The van der Waals surface area contributed by atoms with Crippen LogP contribution >= 0.6 is 35.0 Å². The molecule has 0 aliphatic carbocycles. The van der Waals surface area contributed by atoms with Gasteiger partial charge in [-0.2, -0.15) is 0 Å². The Hall–Kier alpha value is 0.110. The van der Waals surface area contributed by atoms with Crippen molar-refractivity contribution in [2.75, 3.05) is 12.3 Å². The first-order valence-electron chi connectivity index (χ1n) is 4.08. The molecule has 1 aromatic rings. The Morgan fingerprint density at radius 2 is 2.00 bits per heavy atom. The lowest BCUT2D eigenvalue weighted by Gasteiger charge is -2.13. The lowest BCUT2D eigenvalue weighted by atomic mass is 10.2. The summed E-state index contributed by atoms with van der Waals surface area (Å²) in [7, 11) is 0. The van der Waals surface area contributed by atoms with E-state index in [-0.39, 0.29) is 5.37 Å². The lowest BCUT2D eigenvalue weighted by Crippen LogP contribution is -2.12. The molecule has 0 amide bonds. The second-order valence-electron chi connectivity index (χ2n) is 2.84. The summed E-state index contributed by atoms with van der Waals surface area (Å²) in [6.07, 6.45) is 0. The normalized spacial score (nSPS) is 22.2. The Balaban J connectivity index is 2.37. The van der Waals surface area contributed by atoms with Gasteiger partial charge in [-0.3, -0.25) is 0 Å². The number of hydrogen-bond donors (Lipinski definition) is 1. The molecule has 1 aliphatic rings. The zero-order valence-corrected chi connectivity index (χ0v) is 9.22. The minimum atomic E-state index is 0.265. The summed E-state index contributed by atoms with van der Waals surface area (Å²) in [5.74, 6) is 1.12. The van der Waals surface area contributed by atoms with Crippen LogP contribution in [0.2, 0.25) is 10.0 Å². The Kier molecular flexibility index (Phi) is 3.04. The van der Waals surface area contributed by atoms with Crippen LogP contribution in [0.3, 0.4) is 0 Å². The predicted octanol–water partition coefficient (Wildman–Crippen LogP) is 3.33. The van der Waals surface area contributed by atoms with Crippen LogP contribution in [-0.2, 0) is 0 Å². The summed E-state index contributed by atoms with van der Waals surface area (Å²) in [6.45, 7) is 1.02. The minimum absolute atomic E-state index is 0.265. The molecule has 1 atom stereocenters. The molecule has 1 aromatic carbocycles. The van der Waals surface area contributed by atoms with Gasteiger partial charge in [0, 0.05) is 27.9 Å². The molecule has 0 spiro atoms. The molecule has 0 saturated carbocycles. The fourth-order valence-corrected chi connectivity index (χ4v) is 3.25. The molecule has 1 N–H and O–H groups in total. The van der Waals surface area contributed by atoms with Gasteiger partial charge in [-0.25, -0.2) is 0 Å². The summed E-state index contributed by atoms with van der Waals surface area (Å²) >= 11 is 14.0. The van der Waals surface area contributed by atoms with E-state index in [4.69, 9.17) is 23.2 Å². The topological polar surface area (TPSA) is 12.0 Å². The molecule has 2 rings (SSSR count). The third kappa shape index (κ3) is 1.96. The highest BCUT2D eigenvalue weighted by Crippen LogP contribution is 2.38. The third-order valence-electron chi connectivity index (χ3n) is 1.98. The van der Waals surface area contributed by atoms with E-state index in [1.54, 1.807) is 0 Å². The fourth-order valence-electron chi connectivity index (χ4n) is 1.37. The summed E-state index contributed by atoms with van der Waals surface area (Å²) in [6, 6.07) is 5.63. The highest BCUT2D eigenvalue weighted by Gasteiger charge is 2.21. The Morgan fingerprint density at radius 3 is 2.54 bits per heavy atom. The number of nitrogens with one attached hydrogen (secondary N) is 1. The van der Waals surface area contributed by atoms with E-state index >= 15 is 0 Å². The van der Waals surface area contributed by atoms with Gasteiger partial charge < -0.3 is 5.32 Å². The van der Waals surface area contributed by atoms with Crippen LogP contribution in [0.15, 0.2) is 18.2 Å². The van der Waals surface area contributed by atoms with Crippen molar-refractivity contribution in [2.45, 2.75) is 5.37 Å². The van der Waals surface area contributed by atoms with Crippen molar-refractivity contribution < 1.29 is 0 Å². The van der Waals surface area contributed by atoms with Crippen molar-refractivity contribution in [3.63, 3.8) is 0 Å². The predicted molar refractivity (Wildman–Crippen MR) is 59.7 cm³/mol. The zero-order chi connectivity index (χ0) is 9.26. The molecular formula is C9H9Cl2NS. The second-order valence-corrected chi connectivity index (χ2v) is 4.87. The number of halogens is 2. The van der Waals surface area contributed by atoms with Gasteiger partial charge in [-0.15, -0.1) is 11.8 Å². The minimum Gasteiger partial charge on any atom is -0.301 e. The van der Waals surface area contributed by atoms with Gasteiger partial charge in [-0.1, -0.05) is 29.3 Å². The van der Waals surface area contributed by atoms with Crippen molar-refractivity contribution in [2.24, 2.45) is 0 Å². The van der Waals surface area contributed by atoms with E-state index in [0.29, 0.717) is 0 Å². The molecule has 0 radical (unpaired) electrons. The van der Waals surface area contributed by atoms with Gasteiger partial charge in [0.05, 0.1) is 5.37 Å². The van der Waals surface area contributed by atoms with E-state index < -0.39 is 0 Å². The first-order valence-corrected chi connectivity index (χ1v) is 5.88. The van der Waals surface area contributed by atoms with Crippen molar-refractivity contribution in [3.05, 3.63) is 33.8 Å². The van der Waals surface area contributed by atoms with Crippen LogP contribution in [0.4, 0.5) is 0 Å². The Labute approximate surface area is 91.8 Å². The highest BCUT2D eigenvalue weighted by atomic mass is 35.5. The monoisotopic (exact) mass is 233 g/mol. The van der Waals surface area contributed by atoms with Crippen LogP contribution in [0.5, 0.6) is 0 Å². The first-order chi connectivity index (χ1) is 6.29. The fraction of sp³-hybridized carbons (Fsp3) is 0.333. The van der Waals surface area contributed by atoms with Crippen LogP contribution < -0.4 is 5.32 Å². The first kappa shape index (κ1) is 9.66. The van der Waals surface area contributed by atoms with Gasteiger partial charge in [0.25, 0.3) is 0 Å². The highest BCUT2D eigenvalue weighted by molar-refractivity contribution is 7.99. The third-order valence-corrected chi connectivity index (χ3v) is 3.81. The molecule has 1 aliphatic heterocycles. The smallest absolute Gasteiger partial charge is 0.0819 e. The van der Waals surface area contributed by atoms with Crippen molar-refractivity contribution in [3.8, 4) is 0 Å². The van der Waals surface area contributed by atoms with Gasteiger partial charge in [0.2, 0.25) is 0 Å². The largest absolute Gasteiger partial charge is 0.301 e. The van der Waals surface area contributed by atoms with E-state index in [1.807, 2.05) is 30.0 Å². The summed E-state index contributed by atoms with van der Waals surface area (Å²) in [4.78, 5) is 0. The quantitative estimate of drug-likeness (QED) is 0.799. The van der Waals surface area contributed by atoms with Gasteiger partial charge >= 0.3 is 0 Å². The molecule has 70 valence electrons. The summed E-state index contributed by atoms with van der Waals surface area (Å²) in [5, 5.41) is 5.11. The standard InChI is InChI=1S/C9H9Cl2NS/c10-6-2-1-3-7(11)8(6)9-12-4-5-13-9/h1-3,9,12H,4-5H2. The van der Waals surface area contributed by atoms with Crippen LogP contribution in [0.25, 0.3) is 0 Å². The number of hydrogen-bond acceptors (Lipinski definition) is 2. The van der Waals surface area contributed by atoms with Crippen LogP contribution in [0.1, 0.15) is 10.9 Å². The van der Waals surface area contributed by atoms with Gasteiger partial charge in [0.1, 0.15) is 0 Å². The Bertz CT molecular complexity index is 290. The molecule has 1 unspecified atom stereocenters. The molecule has 13 heavy (non-hydrogen) atoms. The maximum atomic E-state index is 6.07. The average Bonchev–Trinajstić information content (AvgIpc) is 2.57. The maximum Gasteiger partial charge on any atom is 0.0819 e. The average molecular weight is 234 g/mol. The molecule has 1 saturated heterocycles. The van der Waals surface area contributed by atoms with Crippen molar-refractivity contribution >= 4 is 35.0 Å². The molecule has 1 fully saturated rings. The molecule has 1 nitrogen and oxygen atoms in total. The second kappa shape index (κ2) is 4.09. The van der Waals surface area contributed by atoms with E-state index in [1.165, 1.54) is 0 Å². The van der Waals surface area contributed by atoms with Crippen LogP contribution in [0, 0.1) is 0 Å². The van der Waals surface area contributed by atoms with Crippen LogP contribution in [-0.4, -0.2) is 12.3 Å². The number of rotatable bonds is 1. The van der Waals surface area contributed by atoms with E-state index in [0.717, 1.165) is 27.9 Å². The van der Waals surface area contributed by atoms with Gasteiger partial charge in [-0.05, 0) is 12.1 Å². The number of thioether (sulfide) groups is 1. The van der Waals surface area contributed by atoms with Crippen molar-refractivity contribution in [1.29, 1.82) is 0 Å². The van der Waals surface area contributed by atoms with E-state index in [2.05, 4.69) is 5.32 Å². The van der Waals surface area contributed by atoms with Crippen molar-refractivity contribution in [1.82, 2.24) is 5.32 Å². The molecule has 1 heterocycles. The lowest BCUT2D eigenvalue weighted by molar-refractivity contribution is 0.751. The molecule has 4 heteroatoms. The van der Waals surface area contributed by atoms with Gasteiger partial charge in [0.15, 0.2) is 0 Å². The summed E-state index contributed by atoms with van der Waals surface area (Å²) < 4.78 is 0. The molecule has 0 aromatic heterocycles. The SMILES string of the molecule is Clc1cccc(Cl)c1C1NCCS1. The number of benzene rings is 1.